The lowest BCUT2D eigenvalue weighted by atomic mass is 10.00. The van der Waals surface area contributed by atoms with Gasteiger partial charge in [-0.25, -0.2) is 0 Å². The summed E-state index contributed by atoms with van der Waals surface area (Å²) in [5, 5.41) is 0. The van der Waals surface area contributed by atoms with Crippen LogP contribution in [-0.4, -0.2) is 5.97 Å². The molecule has 92 valence electrons. The van der Waals surface area contributed by atoms with Crippen LogP contribution < -0.4 is 0 Å². The Morgan fingerprint density at radius 1 is 1.18 bits per heavy atom. The lowest BCUT2D eigenvalue weighted by Gasteiger charge is -2.22. The number of hydrogen-bond donors (Lipinski definition) is 0. The van der Waals surface area contributed by atoms with Crippen molar-refractivity contribution in [2.45, 2.75) is 31.5 Å². The minimum Gasteiger partial charge on any atom is -0.457 e. The lowest BCUT2D eigenvalue weighted by molar-refractivity contribution is -0.154. The van der Waals surface area contributed by atoms with E-state index in [4.69, 9.17) is 4.74 Å². The first-order valence-corrected chi connectivity index (χ1v) is 5.33. The molecule has 1 fully saturated rings. The number of ether oxygens (including phenoxy) is 1. The number of rotatable bonds is 1. The third kappa shape index (κ3) is 2.78. The predicted molar refractivity (Wildman–Crippen MR) is 54.1 cm³/mol. The number of carbonyl (C=O) groups is 1. The highest BCUT2D eigenvalue weighted by molar-refractivity contribution is 5.70. The molecule has 0 saturated carbocycles. The van der Waals surface area contributed by atoms with E-state index in [0.717, 1.165) is 12.1 Å². The zero-order chi connectivity index (χ0) is 12.5. The van der Waals surface area contributed by atoms with Crippen molar-refractivity contribution in [1.82, 2.24) is 0 Å². The fourth-order valence-electron chi connectivity index (χ4n) is 1.83. The van der Waals surface area contributed by atoms with Gasteiger partial charge in [0, 0.05) is 6.42 Å². The van der Waals surface area contributed by atoms with E-state index in [2.05, 4.69) is 0 Å². The summed E-state index contributed by atoms with van der Waals surface area (Å²) in [6.07, 6.45) is -2.97. The van der Waals surface area contributed by atoms with Crippen LogP contribution >= 0.6 is 0 Å². The second-order valence-corrected chi connectivity index (χ2v) is 3.99. The van der Waals surface area contributed by atoms with Gasteiger partial charge in [0.2, 0.25) is 0 Å². The van der Waals surface area contributed by atoms with E-state index in [1.165, 1.54) is 12.1 Å². The fraction of sp³-hybridized carbons (Fsp3) is 0.417. The minimum atomic E-state index is -4.33. The van der Waals surface area contributed by atoms with Crippen molar-refractivity contribution in [3.63, 3.8) is 0 Å². The summed E-state index contributed by atoms with van der Waals surface area (Å²) >= 11 is 0. The largest absolute Gasteiger partial charge is 0.457 e. The van der Waals surface area contributed by atoms with E-state index < -0.39 is 17.8 Å². The molecule has 1 heterocycles. The molecule has 17 heavy (non-hydrogen) atoms. The van der Waals surface area contributed by atoms with E-state index in [-0.39, 0.29) is 5.97 Å². The van der Waals surface area contributed by atoms with Crippen molar-refractivity contribution in [2.24, 2.45) is 0 Å². The molecule has 0 radical (unpaired) electrons. The maximum absolute atomic E-state index is 12.3. The monoisotopic (exact) mass is 244 g/mol. The van der Waals surface area contributed by atoms with Crippen LogP contribution in [0.25, 0.3) is 0 Å². The van der Waals surface area contributed by atoms with Crippen molar-refractivity contribution in [1.29, 1.82) is 0 Å². The van der Waals surface area contributed by atoms with Crippen molar-refractivity contribution in [3.8, 4) is 0 Å². The van der Waals surface area contributed by atoms with Gasteiger partial charge in [0.05, 0.1) is 5.56 Å². The summed E-state index contributed by atoms with van der Waals surface area (Å²) in [5.74, 6) is -0.291. The number of esters is 1. The fourth-order valence-corrected chi connectivity index (χ4v) is 1.83. The highest BCUT2D eigenvalue weighted by atomic mass is 19.4. The van der Waals surface area contributed by atoms with Gasteiger partial charge >= 0.3 is 12.1 Å². The molecular weight excluding hydrogens is 233 g/mol. The second-order valence-electron chi connectivity index (χ2n) is 3.99. The van der Waals surface area contributed by atoms with Gasteiger partial charge in [0.15, 0.2) is 0 Å². The van der Waals surface area contributed by atoms with E-state index >= 15 is 0 Å². The van der Waals surface area contributed by atoms with Gasteiger partial charge in [-0.1, -0.05) is 12.1 Å². The molecule has 2 nitrogen and oxygen atoms in total. The second kappa shape index (κ2) is 4.39. The molecule has 1 aromatic rings. The van der Waals surface area contributed by atoms with Crippen LogP contribution in [0.2, 0.25) is 0 Å². The molecule has 0 amide bonds. The summed E-state index contributed by atoms with van der Waals surface area (Å²) in [5.41, 5.74) is -0.0746. The molecule has 2 rings (SSSR count). The Kier molecular flexibility index (Phi) is 3.09. The van der Waals surface area contributed by atoms with Crippen molar-refractivity contribution >= 4 is 5.97 Å². The number of cyclic esters (lactones) is 1. The van der Waals surface area contributed by atoms with Gasteiger partial charge in [-0.05, 0) is 30.5 Å². The third-order valence-corrected chi connectivity index (χ3v) is 2.73. The first kappa shape index (κ1) is 12.0. The number of hydrogen-bond acceptors (Lipinski definition) is 2. The molecule has 1 unspecified atom stereocenters. The SMILES string of the molecule is O=C1CCCC(c2ccc(C(F)(F)F)cc2)O1. The molecule has 0 aliphatic carbocycles. The average Bonchev–Trinajstić information content (AvgIpc) is 2.28. The number of benzene rings is 1. The van der Waals surface area contributed by atoms with Crippen LogP contribution in [0.4, 0.5) is 13.2 Å². The standard InChI is InChI=1S/C12H11F3O2/c13-12(14,15)9-6-4-8(5-7-9)10-2-1-3-11(16)17-10/h4-7,10H,1-3H2. The third-order valence-electron chi connectivity index (χ3n) is 2.73. The van der Waals surface area contributed by atoms with Crippen LogP contribution in [0.1, 0.15) is 36.5 Å². The maximum Gasteiger partial charge on any atom is 0.416 e. The summed E-state index contributed by atoms with van der Waals surface area (Å²) < 4.78 is 42.1. The first-order chi connectivity index (χ1) is 7.97. The molecular formula is C12H11F3O2. The number of alkyl halides is 3. The first-order valence-electron chi connectivity index (χ1n) is 5.33. The lowest BCUT2D eigenvalue weighted by Crippen LogP contribution is -2.17. The maximum atomic E-state index is 12.3. The highest BCUT2D eigenvalue weighted by Gasteiger charge is 2.30. The van der Waals surface area contributed by atoms with E-state index in [1.807, 2.05) is 0 Å². The molecule has 5 heteroatoms. The Bertz CT molecular complexity index is 409. The summed E-state index contributed by atoms with van der Waals surface area (Å²) in [6.45, 7) is 0. The van der Waals surface area contributed by atoms with Gasteiger partial charge in [-0.15, -0.1) is 0 Å². The van der Waals surface area contributed by atoms with Crippen LogP contribution in [0.15, 0.2) is 24.3 Å². The Morgan fingerprint density at radius 2 is 1.82 bits per heavy atom. The van der Waals surface area contributed by atoms with Crippen molar-refractivity contribution in [2.75, 3.05) is 0 Å². The van der Waals surface area contributed by atoms with Gasteiger partial charge in [-0.3, -0.25) is 4.79 Å². The van der Waals surface area contributed by atoms with Gasteiger partial charge in [0.25, 0.3) is 0 Å². The van der Waals surface area contributed by atoms with E-state index in [0.29, 0.717) is 24.8 Å². The molecule has 1 aliphatic rings. The van der Waals surface area contributed by atoms with E-state index in [1.54, 1.807) is 0 Å². The number of halogens is 3. The van der Waals surface area contributed by atoms with Crippen molar-refractivity contribution < 1.29 is 22.7 Å². The molecule has 0 aromatic heterocycles. The number of carbonyl (C=O) groups excluding carboxylic acids is 1. The summed E-state index contributed by atoms with van der Waals surface area (Å²) in [4.78, 5) is 11.1. The molecule has 1 saturated heterocycles. The molecule has 0 bridgehead atoms. The van der Waals surface area contributed by atoms with Gasteiger partial charge < -0.3 is 4.74 Å². The zero-order valence-electron chi connectivity index (χ0n) is 8.96. The topological polar surface area (TPSA) is 26.3 Å². The normalized spacial score (nSPS) is 21.1. The Balaban J connectivity index is 2.15. The van der Waals surface area contributed by atoms with Crippen LogP contribution in [0.3, 0.4) is 0 Å². The molecule has 0 spiro atoms. The van der Waals surface area contributed by atoms with E-state index in [9.17, 15) is 18.0 Å². The molecule has 1 aromatic carbocycles. The Labute approximate surface area is 96.4 Å². The highest BCUT2D eigenvalue weighted by Crippen LogP contribution is 2.32. The van der Waals surface area contributed by atoms with Crippen molar-refractivity contribution in [3.05, 3.63) is 35.4 Å². The molecule has 0 N–H and O–H groups in total. The predicted octanol–water partition coefficient (Wildman–Crippen LogP) is 3.47. The smallest absolute Gasteiger partial charge is 0.416 e. The zero-order valence-corrected chi connectivity index (χ0v) is 8.96. The Morgan fingerprint density at radius 3 is 2.35 bits per heavy atom. The molecule has 1 aliphatic heterocycles. The molecule has 1 atom stereocenters. The minimum absolute atomic E-state index is 0.291. The van der Waals surface area contributed by atoms with Gasteiger partial charge in [-0.2, -0.15) is 13.2 Å². The Hall–Kier alpha value is -1.52. The summed E-state index contributed by atoms with van der Waals surface area (Å²) in [7, 11) is 0. The van der Waals surface area contributed by atoms with Crippen LogP contribution in [-0.2, 0) is 15.7 Å². The quantitative estimate of drug-likeness (QED) is 0.707. The van der Waals surface area contributed by atoms with Crippen LogP contribution in [0.5, 0.6) is 0 Å². The summed E-state index contributed by atoms with van der Waals surface area (Å²) in [6, 6.07) is 4.76. The van der Waals surface area contributed by atoms with Gasteiger partial charge in [0.1, 0.15) is 6.10 Å². The van der Waals surface area contributed by atoms with Crippen LogP contribution in [0, 0.1) is 0 Å². The average molecular weight is 244 g/mol.